The van der Waals surface area contributed by atoms with Gasteiger partial charge >= 0.3 is 6.09 Å². The van der Waals surface area contributed by atoms with Crippen LogP contribution in [-0.4, -0.2) is 54.4 Å². The van der Waals surface area contributed by atoms with Crippen molar-refractivity contribution in [2.75, 3.05) is 13.1 Å². The number of alkyl carbamates (subject to hydrolysis) is 1. The second-order valence-electron chi connectivity index (χ2n) is 8.45. The van der Waals surface area contributed by atoms with E-state index in [1.165, 1.54) is 0 Å². The number of likely N-dealkylation sites (tertiary alicyclic amines) is 1. The van der Waals surface area contributed by atoms with Gasteiger partial charge in [0.05, 0.1) is 12.6 Å². The quantitative estimate of drug-likeness (QED) is 0.724. The third-order valence-electron chi connectivity index (χ3n) is 5.06. The van der Waals surface area contributed by atoms with Crippen molar-refractivity contribution in [3.8, 4) is 0 Å². The maximum absolute atomic E-state index is 13.0. The molecule has 0 aromatic heterocycles. The summed E-state index contributed by atoms with van der Waals surface area (Å²) in [5.74, 6) is 0.00578. The van der Waals surface area contributed by atoms with E-state index in [1.54, 1.807) is 0 Å². The van der Waals surface area contributed by atoms with Crippen LogP contribution in [0.15, 0.2) is 35.3 Å². The number of carbonyl (C=O) groups excluding carboxylic acids is 2. The smallest absolute Gasteiger partial charge is 0.407 e. The Kier molecular flexibility index (Phi) is 7.61. The van der Waals surface area contributed by atoms with Gasteiger partial charge in [0.15, 0.2) is 0 Å². The van der Waals surface area contributed by atoms with Gasteiger partial charge in [-0.1, -0.05) is 37.3 Å². The summed E-state index contributed by atoms with van der Waals surface area (Å²) in [4.78, 5) is 31.3. The minimum absolute atomic E-state index is 0.0312. The standard InChI is InChI=1S/C22H33N3O3/c1-16(17-10-7-6-8-11-17)19(24-21(27)28-22(2,3)4)14-20(26)25-13-9-12-18(25)15-23-5/h6-8,10-11,16,18-19H,5,9,12-15H2,1-4H3,(H,24,27)/t16?,18-,19?/m0/s1. The van der Waals surface area contributed by atoms with Crippen LogP contribution in [0.5, 0.6) is 0 Å². The molecule has 2 amide bonds. The molecule has 3 atom stereocenters. The number of hydrogen-bond donors (Lipinski definition) is 1. The van der Waals surface area contributed by atoms with E-state index < -0.39 is 11.7 Å². The van der Waals surface area contributed by atoms with E-state index in [-0.39, 0.29) is 30.3 Å². The van der Waals surface area contributed by atoms with Crippen molar-refractivity contribution in [2.24, 2.45) is 4.99 Å². The number of nitrogens with one attached hydrogen (secondary N) is 1. The summed E-state index contributed by atoms with van der Waals surface area (Å²) in [5, 5.41) is 2.93. The number of amides is 2. The fourth-order valence-corrected chi connectivity index (χ4v) is 3.61. The first-order chi connectivity index (χ1) is 13.2. The van der Waals surface area contributed by atoms with Gasteiger partial charge in [0.2, 0.25) is 5.91 Å². The maximum Gasteiger partial charge on any atom is 0.407 e. The second-order valence-corrected chi connectivity index (χ2v) is 8.45. The molecule has 1 heterocycles. The summed E-state index contributed by atoms with van der Waals surface area (Å²) < 4.78 is 5.42. The van der Waals surface area contributed by atoms with Crippen molar-refractivity contribution in [1.82, 2.24) is 10.2 Å². The topological polar surface area (TPSA) is 71.0 Å². The molecule has 28 heavy (non-hydrogen) atoms. The molecule has 0 spiro atoms. The molecular formula is C22H33N3O3. The van der Waals surface area contributed by atoms with Crippen molar-refractivity contribution in [2.45, 2.75) is 70.6 Å². The molecular weight excluding hydrogens is 354 g/mol. The number of hydrogen-bond acceptors (Lipinski definition) is 4. The molecule has 1 aliphatic rings. The van der Waals surface area contributed by atoms with Crippen molar-refractivity contribution < 1.29 is 14.3 Å². The van der Waals surface area contributed by atoms with Gasteiger partial charge in [-0.3, -0.25) is 9.79 Å². The second kappa shape index (κ2) is 9.71. The van der Waals surface area contributed by atoms with Gasteiger partial charge in [-0.25, -0.2) is 4.79 Å². The van der Waals surface area contributed by atoms with E-state index in [4.69, 9.17) is 4.74 Å². The van der Waals surface area contributed by atoms with Crippen molar-refractivity contribution in [3.63, 3.8) is 0 Å². The molecule has 0 aliphatic carbocycles. The Balaban J connectivity index is 2.14. The molecule has 2 rings (SSSR count). The molecule has 6 heteroatoms. The van der Waals surface area contributed by atoms with Gasteiger partial charge in [0.1, 0.15) is 5.60 Å². The third-order valence-corrected chi connectivity index (χ3v) is 5.06. The van der Waals surface area contributed by atoms with Crippen LogP contribution in [0.25, 0.3) is 0 Å². The van der Waals surface area contributed by atoms with Gasteiger partial charge in [0, 0.05) is 24.9 Å². The van der Waals surface area contributed by atoms with Crippen LogP contribution in [-0.2, 0) is 9.53 Å². The SMILES string of the molecule is C=NC[C@@H]1CCCN1C(=O)CC(NC(=O)OC(C)(C)C)C(C)c1ccccc1. The number of benzene rings is 1. The Morgan fingerprint density at radius 2 is 2.00 bits per heavy atom. The molecule has 1 aliphatic heterocycles. The van der Waals surface area contributed by atoms with Crippen LogP contribution in [0, 0.1) is 0 Å². The van der Waals surface area contributed by atoms with E-state index >= 15 is 0 Å². The van der Waals surface area contributed by atoms with E-state index in [2.05, 4.69) is 17.0 Å². The van der Waals surface area contributed by atoms with Gasteiger partial charge < -0.3 is 15.0 Å². The van der Waals surface area contributed by atoms with Gasteiger partial charge in [-0.2, -0.15) is 0 Å². The molecule has 2 unspecified atom stereocenters. The van der Waals surface area contributed by atoms with Crippen molar-refractivity contribution in [1.29, 1.82) is 0 Å². The highest BCUT2D eigenvalue weighted by Gasteiger charge is 2.32. The van der Waals surface area contributed by atoms with Crippen LogP contribution in [0.1, 0.15) is 58.4 Å². The predicted octanol–water partition coefficient (Wildman–Crippen LogP) is 3.77. The van der Waals surface area contributed by atoms with E-state index in [0.29, 0.717) is 6.54 Å². The van der Waals surface area contributed by atoms with Crippen LogP contribution in [0.2, 0.25) is 0 Å². The average Bonchev–Trinajstić information content (AvgIpc) is 3.08. The minimum Gasteiger partial charge on any atom is -0.444 e. The first kappa shape index (κ1) is 21.9. The van der Waals surface area contributed by atoms with Crippen LogP contribution in [0.3, 0.4) is 0 Å². The number of carbonyl (C=O) groups is 2. The maximum atomic E-state index is 13.0. The zero-order chi connectivity index (χ0) is 20.7. The van der Waals surface area contributed by atoms with Crippen LogP contribution in [0.4, 0.5) is 4.79 Å². The Labute approximate surface area is 168 Å². The highest BCUT2D eigenvalue weighted by Crippen LogP contribution is 2.25. The van der Waals surface area contributed by atoms with Gasteiger partial charge in [0.25, 0.3) is 0 Å². The Bertz CT molecular complexity index is 669. The lowest BCUT2D eigenvalue weighted by Crippen LogP contribution is -2.46. The molecule has 0 radical (unpaired) electrons. The Morgan fingerprint density at radius 3 is 2.61 bits per heavy atom. The Hall–Kier alpha value is -2.37. The summed E-state index contributed by atoms with van der Waals surface area (Å²) in [6, 6.07) is 9.66. The van der Waals surface area contributed by atoms with E-state index in [0.717, 1.165) is 24.9 Å². The summed E-state index contributed by atoms with van der Waals surface area (Å²) in [7, 11) is 0. The van der Waals surface area contributed by atoms with E-state index in [9.17, 15) is 9.59 Å². The minimum atomic E-state index is -0.593. The monoisotopic (exact) mass is 387 g/mol. The fourth-order valence-electron chi connectivity index (χ4n) is 3.61. The lowest BCUT2D eigenvalue weighted by Gasteiger charge is -2.30. The predicted molar refractivity (Wildman–Crippen MR) is 112 cm³/mol. The molecule has 0 saturated carbocycles. The van der Waals surface area contributed by atoms with E-state index in [1.807, 2.05) is 62.9 Å². The van der Waals surface area contributed by atoms with Gasteiger partial charge in [-0.15, -0.1) is 0 Å². The molecule has 0 bridgehead atoms. The molecule has 1 N–H and O–H groups in total. The third kappa shape index (κ3) is 6.36. The first-order valence-corrected chi connectivity index (χ1v) is 9.97. The van der Waals surface area contributed by atoms with Gasteiger partial charge in [-0.05, 0) is 45.9 Å². The summed E-state index contributed by atoms with van der Waals surface area (Å²) in [6.07, 6.45) is 1.65. The highest BCUT2D eigenvalue weighted by atomic mass is 16.6. The fraction of sp³-hybridized carbons (Fsp3) is 0.591. The lowest BCUT2D eigenvalue weighted by atomic mass is 9.91. The number of nitrogens with zero attached hydrogens (tertiary/aromatic N) is 2. The first-order valence-electron chi connectivity index (χ1n) is 9.97. The van der Waals surface area contributed by atoms with Crippen molar-refractivity contribution >= 4 is 18.7 Å². The Morgan fingerprint density at radius 1 is 1.32 bits per heavy atom. The van der Waals surface area contributed by atoms with Crippen LogP contribution < -0.4 is 5.32 Å². The molecule has 6 nitrogen and oxygen atoms in total. The zero-order valence-corrected chi connectivity index (χ0v) is 17.5. The average molecular weight is 388 g/mol. The van der Waals surface area contributed by atoms with Crippen LogP contribution >= 0.6 is 0 Å². The molecule has 154 valence electrons. The summed E-state index contributed by atoms with van der Waals surface area (Å²) >= 11 is 0. The molecule has 1 saturated heterocycles. The summed E-state index contributed by atoms with van der Waals surface area (Å²) in [6.45, 7) is 12.3. The summed E-state index contributed by atoms with van der Waals surface area (Å²) in [5.41, 5.74) is 0.478. The van der Waals surface area contributed by atoms with Crippen molar-refractivity contribution in [3.05, 3.63) is 35.9 Å². The largest absolute Gasteiger partial charge is 0.444 e. The molecule has 1 fully saturated rings. The normalized spacial score (nSPS) is 19.0. The number of aliphatic imine (C=N–C) groups is 1. The molecule has 1 aromatic rings. The number of ether oxygens (including phenoxy) is 1. The number of rotatable bonds is 7. The zero-order valence-electron chi connectivity index (χ0n) is 17.5. The highest BCUT2D eigenvalue weighted by molar-refractivity contribution is 5.79. The molecule has 1 aromatic carbocycles. The lowest BCUT2D eigenvalue weighted by molar-refractivity contribution is -0.132.